The first-order valence-corrected chi connectivity index (χ1v) is 11.8. The van der Waals surface area contributed by atoms with E-state index in [1.807, 2.05) is 36.1 Å². The Hall–Kier alpha value is -3.13. The van der Waals surface area contributed by atoms with Gasteiger partial charge in [0, 0.05) is 44.1 Å². The lowest BCUT2D eigenvalue weighted by atomic mass is 10.1. The van der Waals surface area contributed by atoms with Crippen molar-refractivity contribution in [3.8, 4) is 5.75 Å². The summed E-state index contributed by atoms with van der Waals surface area (Å²) in [5, 5.41) is 3.93. The van der Waals surface area contributed by atoms with Crippen molar-refractivity contribution >= 4 is 28.4 Å². The molecule has 2 heterocycles. The fourth-order valence-corrected chi connectivity index (χ4v) is 4.43. The smallest absolute Gasteiger partial charge is 0.322 e. The van der Waals surface area contributed by atoms with Crippen LogP contribution in [-0.2, 0) is 6.42 Å². The number of amides is 2. The van der Waals surface area contributed by atoms with Crippen molar-refractivity contribution in [2.24, 2.45) is 0 Å². The third-order valence-electron chi connectivity index (χ3n) is 5.42. The van der Waals surface area contributed by atoms with E-state index in [2.05, 4.69) is 45.8 Å². The van der Waals surface area contributed by atoms with Crippen molar-refractivity contribution in [3.05, 3.63) is 65.5 Å². The Morgan fingerprint density at radius 1 is 1.09 bits per heavy atom. The second-order valence-corrected chi connectivity index (χ2v) is 8.57. The molecule has 0 atom stereocenters. The molecule has 1 aliphatic heterocycles. The van der Waals surface area contributed by atoms with Crippen LogP contribution in [0, 0.1) is 6.92 Å². The molecule has 0 unspecified atom stereocenters. The first kappa shape index (κ1) is 22.1. The van der Waals surface area contributed by atoms with Gasteiger partial charge >= 0.3 is 6.03 Å². The van der Waals surface area contributed by atoms with E-state index in [0.29, 0.717) is 31.1 Å². The van der Waals surface area contributed by atoms with Gasteiger partial charge in [-0.3, -0.25) is 0 Å². The molecule has 0 bridgehead atoms. The van der Waals surface area contributed by atoms with E-state index < -0.39 is 0 Å². The number of hydrogen-bond donors (Lipinski definition) is 1. The molecule has 2 amide bonds. The van der Waals surface area contributed by atoms with Crippen LogP contribution in [0.5, 0.6) is 5.75 Å². The van der Waals surface area contributed by atoms with Gasteiger partial charge in [-0.05, 0) is 38.0 Å². The molecule has 4 rings (SSSR count). The number of benzene rings is 2. The van der Waals surface area contributed by atoms with Crippen LogP contribution in [0.4, 0.5) is 15.6 Å². The molecular weight excluding hydrogens is 422 g/mol. The zero-order valence-electron chi connectivity index (χ0n) is 18.6. The Bertz CT molecular complexity index is 1040. The molecule has 0 aliphatic carbocycles. The molecular formula is C24H29N5O2S. The van der Waals surface area contributed by atoms with Gasteiger partial charge in [-0.2, -0.15) is 4.37 Å². The number of aryl methyl sites for hydroxylation is 1. The third-order valence-corrected chi connectivity index (χ3v) is 6.24. The lowest BCUT2D eigenvalue weighted by Gasteiger charge is -2.22. The Labute approximate surface area is 193 Å². The molecule has 1 aliphatic rings. The number of para-hydroxylation sites is 2. The number of nitrogens with one attached hydrogen (secondary N) is 1. The Kier molecular flexibility index (Phi) is 7.21. The molecule has 0 saturated carbocycles. The van der Waals surface area contributed by atoms with Crippen molar-refractivity contribution < 1.29 is 9.53 Å². The number of urea groups is 1. The van der Waals surface area contributed by atoms with Crippen LogP contribution in [-0.4, -0.2) is 53.1 Å². The van der Waals surface area contributed by atoms with Crippen molar-refractivity contribution in [2.75, 3.05) is 43.0 Å². The number of anilines is 2. The van der Waals surface area contributed by atoms with Gasteiger partial charge in [-0.25, -0.2) is 9.78 Å². The average molecular weight is 452 g/mol. The van der Waals surface area contributed by atoms with Crippen molar-refractivity contribution in [2.45, 2.75) is 26.7 Å². The van der Waals surface area contributed by atoms with Gasteiger partial charge in [0.05, 0.1) is 12.3 Å². The minimum Gasteiger partial charge on any atom is -0.492 e. The molecule has 2 aromatic carbocycles. The molecule has 7 nitrogen and oxygen atoms in total. The molecule has 1 saturated heterocycles. The van der Waals surface area contributed by atoms with Gasteiger partial charge < -0.3 is 19.9 Å². The molecule has 0 spiro atoms. The predicted molar refractivity (Wildman–Crippen MR) is 129 cm³/mol. The highest BCUT2D eigenvalue weighted by atomic mass is 32.1. The molecule has 8 heteroatoms. The maximum absolute atomic E-state index is 12.9. The van der Waals surface area contributed by atoms with Crippen LogP contribution in [0.25, 0.3) is 0 Å². The lowest BCUT2D eigenvalue weighted by molar-refractivity contribution is 0.215. The van der Waals surface area contributed by atoms with Crippen LogP contribution in [0.3, 0.4) is 0 Å². The maximum atomic E-state index is 12.9. The van der Waals surface area contributed by atoms with Crippen molar-refractivity contribution in [3.63, 3.8) is 0 Å². The fraction of sp³-hybridized carbons (Fsp3) is 0.375. The summed E-state index contributed by atoms with van der Waals surface area (Å²) >= 11 is 1.44. The maximum Gasteiger partial charge on any atom is 0.322 e. The zero-order valence-corrected chi connectivity index (χ0v) is 19.4. The quantitative estimate of drug-likeness (QED) is 0.594. The van der Waals surface area contributed by atoms with Gasteiger partial charge in [0.1, 0.15) is 11.6 Å². The third kappa shape index (κ3) is 5.56. The molecule has 32 heavy (non-hydrogen) atoms. The van der Waals surface area contributed by atoms with Crippen molar-refractivity contribution in [1.82, 2.24) is 14.3 Å². The molecule has 1 N–H and O–H groups in total. The highest BCUT2D eigenvalue weighted by Crippen LogP contribution is 2.25. The Morgan fingerprint density at radius 2 is 1.91 bits per heavy atom. The summed E-state index contributed by atoms with van der Waals surface area (Å²) in [5.74, 6) is 1.54. The van der Waals surface area contributed by atoms with E-state index in [9.17, 15) is 4.79 Å². The highest BCUT2D eigenvalue weighted by Gasteiger charge is 2.22. The summed E-state index contributed by atoms with van der Waals surface area (Å²) in [6.45, 7) is 7.51. The normalized spacial score (nSPS) is 14.2. The SMILES string of the molecule is CCOc1ccccc1NC(=O)N1CCCN(c2nc(Cc3ccc(C)cc3)ns2)CC1. The number of nitrogens with zero attached hydrogens (tertiary/aromatic N) is 4. The van der Waals surface area contributed by atoms with Crippen molar-refractivity contribution in [1.29, 1.82) is 0 Å². The zero-order chi connectivity index (χ0) is 22.3. The van der Waals surface area contributed by atoms with E-state index in [1.165, 1.54) is 22.7 Å². The van der Waals surface area contributed by atoms with Gasteiger partial charge in [0.15, 0.2) is 0 Å². The number of carbonyl (C=O) groups excluding carboxylic acids is 1. The van der Waals surface area contributed by atoms with Crippen LogP contribution < -0.4 is 15.0 Å². The van der Waals surface area contributed by atoms with E-state index in [4.69, 9.17) is 9.72 Å². The van der Waals surface area contributed by atoms with E-state index >= 15 is 0 Å². The first-order valence-electron chi connectivity index (χ1n) is 11.0. The molecule has 0 radical (unpaired) electrons. The Balaban J connectivity index is 1.35. The summed E-state index contributed by atoms with van der Waals surface area (Å²) in [5.41, 5.74) is 3.16. The van der Waals surface area contributed by atoms with Gasteiger partial charge in [-0.1, -0.05) is 42.0 Å². The number of aromatic nitrogens is 2. The molecule has 1 aromatic heterocycles. The van der Waals surface area contributed by atoms with Gasteiger partial charge in [0.2, 0.25) is 5.13 Å². The van der Waals surface area contributed by atoms with Crippen LogP contribution in [0.2, 0.25) is 0 Å². The minimum absolute atomic E-state index is 0.101. The monoisotopic (exact) mass is 451 g/mol. The molecule has 1 fully saturated rings. The predicted octanol–water partition coefficient (Wildman–Crippen LogP) is 4.58. The molecule has 168 valence electrons. The summed E-state index contributed by atoms with van der Waals surface area (Å²) in [6.07, 6.45) is 1.62. The van der Waals surface area contributed by atoms with Gasteiger partial charge in [-0.15, -0.1) is 0 Å². The van der Waals surface area contributed by atoms with Crippen LogP contribution in [0.1, 0.15) is 30.3 Å². The average Bonchev–Trinajstić information content (AvgIpc) is 3.11. The minimum atomic E-state index is -0.101. The largest absolute Gasteiger partial charge is 0.492 e. The van der Waals surface area contributed by atoms with E-state index in [-0.39, 0.29) is 6.03 Å². The second kappa shape index (κ2) is 10.5. The fourth-order valence-electron chi connectivity index (χ4n) is 3.69. The van der Waals surface area contributed by atoms with Crippen LogP contribution in [0.15, 0.2) is 48.5 Å². The first-order chi connectivity index (χ1) is 15.6. The number of ether oxygens (including phenoxy) is 1. The summed E-state index contributed by atoms with van der Waals surface area (Å²) < 4.78 is 10.2. The number of rotatable bonds is 6. The standard InChI is InChI=1S/C24H29N5O2S/c1-3-31-21-8-5-4-7-20(21)25-23(30)28-13-6-14-29(16-15-28)24-26-22(27-32-24)17-19-11-9-18(2)10-12-19/h4-5,7-12H,3,6,13-17H2,1-2H3,(H,25,30). The highest BCUT2D eigenvalue weighted by molar-refractivity contribution is 7.09. The van der Waals surface area contributed by atoms with E-state index in [1.54, 1.807) is 0 Å². The second-order valence-electron chi connectivity index (χ2n) is 7.84. The van der Waals surface area contributed by atoms with Crippen LogP contribution >= 0.6 is 11.5 Å². The Morgan fingerprint density at radius 3 is 2.72 bits per heavy atom. The molecule has 3 aromatic rings. The summed E-state index contributed by atoms with van der Waals surface area (Å²) in [6, 6.07) is 15.9. The summed E-state index contributed by atoms with van der Waals surface area (Å²) in [4.78, 5) is 21.7. The number of hydrogen-bond acceptors (Lipinski definition) is 6. The van der Waals surface area contributed by atoms with Gasteiger partial charge in [0.25, 0.3) is 0 Å². The topological polar surface area (TPSA) is 70.6 Å². The lowest BCUT2D eigenvalue weighted by Crippen LogP contribution is -2.38. The number of carbonyl (C=O) groups is 1. The summed E-state index contributed by atoms with van der Waals surface area (Å²) in [7, 11) is 0. The van der Waals surface area contributed by atoms with E-state index in [0.717, 1.165) is 36.9 Å².